The standard InChI is InChI=1S/C14H10F2N4/c15-10-4-9(5-11(16)6-10)13-12(14(17)20-19-13)8-2-1-3-18-7-8/h1-7H,(H3,17,19,20). The molecule has 0 amide bonds. The number of nitrogen functional groups attached to an aromatic ring is 1. The summed E-state index contributed by atoms with van der Waals surface area (Å²) in [5.74, 6) is -1.08. The van der Waals surface area contributed by atoms with E-state index in [-0.39, 0.29) is 5.82 Å². The summed E-state index contributed by atoms with van der Waals surface area (Å²) in [5.41, 5.74) is 7.91. The fourth-order valence-corrected chi connectivity index (χ4v) is 2.07. The maximum atomic E-state index is 13.3. The highest BCUT2D eigenvalue weighted by Crippen LogP contribution is 2.34. The van der Waals surface area contributed by atoms with Gasteiger partial charge in [-0.2, -0.15) is 5.10 Å². The molecule has 6 heteroatoms. The topological polar surface area (TPSA) is 67.6 Å². The lowest BCUT2D eigenvalue weighted by Crippen LogP contribution is -1.90. The number of aromatic nitrogens is 3. The molecule has 0 spiro atoms. The van der Waals surface area contributed by atoms with E-state index in [1.165, 1.54) is 12.1 Å². The van der Waals surface area contributed by atoms with Crippen molar-refractivity contribution in [2.75, 3.05) is 5.73 Å². The fourth-order valence-electron chi connectivity index (χ4n) is 2.07. The molecule has 3 rings (SSSR count). The molecule has 3 aromatic rings. The van der Waals surface area contributed by atoms with Gasteiger partial charge in [-0.25, -0.2) is 8.78 Å². The monoisotopic (exact) mass is 272 g/mol. The molecule has 2 aromatic heterocycles. The van der Waals surface area contributed by atoms with Crippen molar-refractivity contribution in [1.29, 1.82) is 0 Å². The summed E-state index contributed by atoms with van der Waals surface area (Å²) in [5, 5.41) is 6.62. The number of hydrogen-bond donors (Lipinski definition) is 2. The van der Waals surface area contributed by atoms with Crippen LogP contribution < -0.4 is 5.73 Å². The van der Waals surface area contributed by atoms with E-state index < -0.39 is 11.6 Å². The van der Waals surface area contributed by atoms with E-state index in [2.05, 4.69) is 15.2 Å². The normalized spacial score (nSPS) is 10.7. The predicted octanol–water partition coefficient (Wildman–Crippen LogP) is 3.00. The summed E-state index contributed by atoms with van der Waals surface area (Å²) < 4.78 is 26.7. The minimum Gasteiger partial charge on any atom is -0.382 e. The number of benzene rings is 1. The fraction of sp³-hybridized carbons (Fsp3) is 0. The number of hydrogen-bond acceptors (Lipinski definition) is 3. The van der Waals surface area contributed by atoms with Crippen molar-refractivity contribution in [1.82, 2.24) is 15.2 Å². The number of H-pyrrole nitrogens is 1. The van der Waals surface area contributed by atoms with E-state index >= 15 is 0 Å². The third-order valence-corrected chi connectivity index (χ3v) is 2.90. The van der Waals surface area contributed by atoms with Crippen LogP contribution in [0.3, 0.4) is 0 Å². The number of anilines is 1. The third kappa shape index (κ3) is 2.11. The Morgan fingerprint density at radius 3 is 2.45 bits per heavy atom. The average molecular weight is 272 g/mol. The van der Waals surface area contributed by atoms with Crippen LogP contribution in [0.2, 0.25) is 0 Å². The highest BCUT2D eigenvalue weighted by Gasteiger charge is 2.16. The number of nitrogens with zero attached hydrogens (tertiary/aromatic N) is 2. The van der Waals surface area contributed by atoms with Crippen molar-refractivity contribution < 1.29 is 8.78 Å². The van der Waals surface area contributed by atoms with E-state index in [1.807, 2.05) is 0 Å². The van der Waals surface area contributed by atoms with E-state index in [1.54, 1.807) is 24.5 Å². The molecule has 0 aliphatic carbocycles. The van der Waals surface area contributed by atoms with Gasteiger partial charge in [-0.1, -0.05) is 6.07 Å². The summed E-state index contributed by atoms with van der Waals surface area (Å²) in [4.78, 5) is 4.01. The Labute approximate surface area is 113 Å². The van der Waals surface area contributed by atoms with E-state index in [0.29, 0.717) is 16.8 Å². The Hall–Kier alpha value is -2.76. The lowest BCUT2D eigenvalue weighted by atomic mass is 10.0. The Bertz CT molecular complexity index is 733. The van der Waals surface area contributed by atoms with Gasteiger partial charge in [0.25, 0.3) is 0 Å². The molecule has 0 bridgehead atoms. The van der Waals surface area contributed by atoms with Gasteiger partial charge in [-0.05, 0) is 18.2 Å². The molecular formula is C14H10F2N4. The molecule has 0 radical (unpaired) electrons. The Kier molecular flexibility index (Phi) is 2.90. The molecule has 3 N–H and O–H groups in total. The molecule has 20 heavy (non-hydrogen) atoms. The number of nitrogens with two attached hydrogens (primary N) is 1. The number of pyridine rings is 1. The predicted molar refractivity (Wildman–Crippen MR) is 71.6 cm³/mol. The molecule has 0 saturated carbocycles. The first-order valence-corrected chi connectivity index (χ1v) is 5.86. The van der Waals surface area contributed by atoms with Gasteiger partial charge in [0.1, 0.15) is 11.6 Å². The van der Waals surface area contributed by atoms with Crippen molar-refractivity contribution in [3.63, 3.8) is 0 Å². The van der Waals surface area contributed by atoms with Gasteiger partial charge < -0.3 is 5.73 Å². The number of nitrogens with one attached hydrogen (secondary N) is 1. The van der Waals surface area contributed by atoms with Crippen LogP contribution in [-0.2, 0) is 0 Å². The number of halogens is 2. The van der Waals surface area contributed by atoms with Crippen LogP contribution in [0, 0.1) is 11.6 Å². The Balaban J connectivity index is 2.21. The first-order chi connectivity index (χ1) is 9.65. The Morgan fingerprint density at radius 1 is 1.05 bits per heavy atom. The molecule has 0 aliphatic heterocycles. The molecule has 0 fully saturated rings. The van der Waals surface area contributed by atoms with Gasteiger partial charge in [0.05, 0.1) is 11.3 Å². The second-order valence-electron chi connectivity index (χ2n) is 4.26. The van der Waals surface area contributed by atoms with E-state index in [9.17, 15) is 8.78 Å². The zero-order chi connectivity index (χ0) is 14.1. The van der Waals surface area contributed by atoms with Gasteiger partial charge >= 0.3 is 0 Å². The zero-order valence-electron chi connectivity index (χ0n) is 10.3. The van der Waals surface area contributed by atoms with Crippen LogP contribution in [-0.4, -0.2) is 15.2 Å². The minimum absolute atomic E-state index is 0.248. The molecule has 1 aromatic carbocycles. The summed E-state index contributed by atoms with van der Waals surface area (Å²) >= 11 is 0. The molecule has 0 unspecified atom stereocenters. The highest BCUT2D eigenvalue weighted by atomic mass is 19.1. The lowest BCUT2D eigenvalue weighted by molar-refractivity contribution is 0.584. The second-order valence-corrected chi connectivity index (χ2v) is 4.26. The molecule has 100 valence electrons. The van der Waals surface area contributed by atoms with Crippen molar-refractivity contribution in [3.8, 4) is 22.4 Å². The summed E-state index contributed by atoms with van der Waals surface area (Å²) in [7, 11) is 0. The van der Waals surface area contributed by atoms with E-state index in [0.717, 1.165) is 11.6 Å². The lowest BCUT2D eigenvalue weighted by Gasteiger charge is -2.05. The van der Waals surface area contributed by atoms with Crippen molar-refractivity contribution in [3.05, 3.63) is 54.4 Å². The first-order valence-electron chi connectivity index (χ1n) is 5.86. The summed E-state index contributed by atoms with van der Waals surface area (Å²) in [6.07, 6.45) is 3.24. The van der Waals surface area contributed by atoms with Crippen molar-refractivity contribution >= 4 is 5.82 Å². The largest absolute Gasteiger partial charge is 0.382 e. The van der Waals surface area contributed by atoms with Gasteiger partial charge in [0.2, 0.25) is 0 Å². The first kappa shape index (κ1) is 12.3. The zero-order valence-corrected chi connectivity index (χ0v) is 10.3. The number of aromatic amines is 1. The average Bonchev–Trinajstić information content (AvgIpc) is 2.80. The quantitative estimate of drug-likeness (QED) is 0.753. The maximum absolute atomic E-state index is 13.3. The summed E-state index contributed by atoms with van der Waals surface area (Å²) in [6, 6.07) is 6.80. The van der Waals surface area contributed by atoms with Crippen LogP contribution in [0.1, 0.15) is 0 Å². The van der Waals surface area contributed by atoms with Crippen molar-refractivity contribution in [2.24, 2.45) is 0 Å². The third-order valence-electron chi connectivity index (χ3n) is 2.90. The van der Waals surface area contributed by atoms with Gasteiger partial charge in [-0.15, -0.1) is 0 Å². The van der Waals surface area contributed by atoms with Crippen LogP contribution >= 0.6 is 0 Å². The van der Waals surface area contributed by atoms with Crippen LogP contribution in [0.5, 0.6) is 0 Å². The van der Waals surface area contributed by atoms with Gasteiger partial charge in [0, 0.05) is 29.6 Å². The maximum Gasteiger partial charge on any atom is 0.153 e. The molecule has 2 heterocycles. The summed E-state index contributed by atoms with van der Waals surface area (Å²) in [6.45, 7) is 0. The van der Waals surface area contributed by atoms with Crippen LogP contribution in [0.25, 0.3) is 22.4 Å². The molecule has 0 aliphatic rings. The van der Waals surface area contributed by atoms with E-state index in [4.69, 9.17) is 5.73 Å². The van der Waals surface area contributed by atoms with Crippen LogP contribution in [0.15, 0.2) is 42.7 Å². The van der Waals surface area contributed by atoms with Crippen LogP contribution in [0.4, 0.5) is 14.6 Å². The number of rotatable bonds is 2. The van der Waals surface area contributed by atoms with Gasteiger partial charge in [0.15, 0.2) is 5.82 Å². The van der Waals surface area contributed by atoms with Crippen molar-refractivity contribution in [2.45, 2.75) is 0 Å². The molecular weight excluding hydrogens is 262 g/mol. The van der Waals surface area contributed by atoms with Gasteiger partial charge in [-0.3, -0.25) is 10.1 Å². The highest BCUT2D eigenvalue weighted by molar-refractivity contribution is 5.87. The Morgan fingerprint density at radius 2 is 1.80 bits per heavy atom. The second kappa shape index (κ2) is 4.73. The SMILES string of the molecule is Nc1n[nH]c(-c2cc(F)cc(F)c2)c1-c1cccnc1. The smallest absolute Gasteiger partial charge is 0.153 e. The molecule has 0 saturated heterocycles. The molecule has 0 atom stereocenters. The molecule has 4 nitrogen and oxygen atoms in total. The minimum atomic E-state index is -0.662.